The van der Waals surface area contributed by atoms with Gasteiger partial charge in [0, 0.05) is 9.90 Å². The van der Waals surface area contributed by atoms with Gasteiger partial charge >= 0.3 is 0 Å². The van der Waals surface area contributed by atoms with Crippen molar-refractivity contribution in [2.24, 2.45) is 0 Å². The maximum atomic E-state index is 0. The number of hydrogen-bond acceptors (Lipinski definition) is 0. The molecule has 0 nitrogen and oxygen atoms in total. The molecule has 45 valence electrons. The second-order valence-corrected chi connectivity index (χ2v) is 0. The van der Waals surface area contributed by atoms with Gasteiger partial charge in [-0.2, -0.15) is 0 Å². The third-order valence-electron chi connectivity index (χ3n) is 0. The first-order valence-corrected chi connectivity index (χ1v) is 0. The van der Waals surface area contributed by atoms with E-state index in [9.17, 15) is 0 Å². The van der Waals surface area contributed by atoms with Crippen LogP contribution in [0.25, 0.3) is 0 Å². The summed E-state index contributed by atoms with van der Waals surface area (Å²) in [7, 11) is 0. The molecule has 0 aliphatic rings. The van der Waals surface area contributed by atoms with Crippen LogP contribution in [0.15, 0.2) is 0 Å². The highest BCUT2D eigenvalue weighted by Crippen LogP contribution is 0.861. The summed E-state index contributed by atoms with van der Waals surface area (Å²) in [5.41, 5.74) is 0. The molecule has 0 fully saturated rings. The topological polar surface area (TPSA) is 0 Å². The molecule has 0 aromatic rings. The van der Waals surface area contributed by atoms with Crippen molar-refractivity contribution in [1.29, 1.82) is 0 Å². The molecule has 0 saturated carbocycles. The van der Waals surface area contributed by atoms with Gasteiger partial charge in [0.15, 0.2) is 0 Å². The van der Waals surface area contributed by atoms with Crippen molar-refractivity contribution < 1.29 is 14.1 Å². The molecule has 0 aliphatic carbocycles. The molecule has 0 bridgehead atoms. The van der Waals surface area contributed by atoms with Crippen LogP contribution in [0.3, 0.4) is 0 Å². The zero-order valence-corrected chi connectivity index (χ0v) is 6.81. The van der Waals surface area contributed by atoms with E-state index in [1.165, 1.54) is 0 Å². The van der Waals surface area contributed by atoms with Gasteiger partial charge < -0.3 is 0 Å². The van der Waals surface area contributed by atoms with Gasteiger partial charge in [-0.1, -0.05) is 0 Å². The van der Waals surface area contributed by atoms with Crippen molar-refractivity contribution in [3.63, 3.8) is 0 Å². The molecular weight excluding hydrogens is 248 g/mol. The van der Waals surface area contributed by atoms with E-state index in [1.807, 2.05) is 0 Å². The fourth-order valence-electron chi connectivity index (χ4n) is 0. The molecule has 3 radical (unpaired) electrons. The van der Waals surface area contributed by atoms with Crippen LogP contribution in [0.5, 0.6) is 0 Å². The zero-order chi connectivity index (χ0) is 0. The monoisotopic (exact) mass is 251 g/mol. The van der Waals surface area contributed by atoms with Crippen molar-refractivity contribution in [2.45, 2.75) is 0 Å². The van der Waals surface area contributed by atoms with Crippen LogP contribution in [0.4, 0.5) is 14.1 Å². The SMILES string of the molecule is Br.Br.F.F.F.[P]. The van der Waals surface area contributed by atoms with Crippen LogP contribution in [-0.4, -0.2) is 0 Å². The number of hydrogen-bond donors (Lipinski definition) is 0. The molecule has 0 saturated heterocycles. The molecule has 6 heteroatoms. The molecule has 0 spiro atoms. The summed E-state index contributed by atoms with van der Waals surface area (Å²) in [6.45, 7) is 0. The largest absolute Gasteiger partial charge is 0.269 e. The Morgan fingerprint density at radius 3 is 0.500 bits per heavy atom. The Morgan fingerprint density at radius 2 is 0.500 bits per heavy atom. The Morgan fingerprint density at radius 1 is 0.500 bits per heavy atom. The fourth-order valence-corrected chi connectivity index (χ4v) is 0. The highest BCUT2D eigenvalue weighted by Gasteiger charge is 0.0000294. The van der Waals surface area contributed by atoms with Gasteiger partial charge in [-0.05, 0) is 0 Å². The Hall–Kier alpha value is 1.18. The van der Waals surface area contributed by atoms with Crippen LogP contribution >= 0.6 is 43.9 Å². The first-order valence-electron chi connectivity index (χ1n) is 0. The van der Waals surface area contributed by atoms with E-state index in [0.29, 0.717) is 0 Å². The van der Waals surface area contributed by atoms with E-state index in [0.717, 1.165) is 0 Å². The molecule has 6 heavy (non-hydrogen) atoms. The summed E-state index contributed by atoms with van der Waals surface area (Å²) in [6, 6.07) is 0. The van der Waals surface area contributed by atoms with Crippen molar-refractivity contribution in [3.05, 3.63) is 0 Å². The van der Waals surface area contributed by atoms with E-state index in [1.54, 1.807) is 0 Å². The van der Waals surface area contributed by atoms with Crippen molar-refractivity contribution in [2.75, 3.05) is 0 Å². The summed E-state index contributed by atoms with van der Waals surface area (Å²) in [5, 5.41) is 0. The summed E-state index contributed by atoms with van der Waals surface area (Å²) in [4.78, 5) is 0. The molecule has 0 unspecified atom stereocenters. The first kappa shape index (κ1) is 197. The summed E-state index contributed by atoms with van der Waals surface area (Å²) in [6.07, 6.45) is 0. The summed E-state index contributed by atoms with van der Waals surface area (Å²) >= 11 is 0. The lowest BCUT2D eigenvalue weighted by Crippen LogP contribution is 0.419. The van der Waals surface area contributed by atoms with Crippen LogP contribution in [-0.2, 0) is 0 Å². The predicted octanol–water partition coefficient (Wildman–Crippen LogP) is 2.47. The van der Waals surface area contributed by atoms with Gasteiger partial charge in [-0.3, -0.25) is 14.1 Å². The van der Waals surface area contributed by atoms with Gasteiger partial charge in [-0.15, -0.1) is 34.0 Å². The van der Waals surface area contributed by atoms with E-state index < -0.39 is 0 Å². The molecule has 0 heterocycles. The zero-order valence-electron chi connectivity index (χ0n) is 2.49. The number of halogens is 5. The maximum Gasteiger partial charge on any atom is 0 e. The molecule has 0 amide bonds. The molecule has 0 N–H and O–H groups in total. The van der Waals surface area contributed by atoms with E-state index >= 15 is 0 Å². The average molecular weight is 253 g/mol. The van der Waals surface area contributed by atoms with Crippen LogP contribution in [0.1, 0.15) is 0 Å². The molecule has 0 atom stereocenters. The first-order chi connectivity index (χ1) is 0. The summed E-state index contributed by atoms with van der Waals surface area (Å²) in [5.74, 6) is 0. The molecule has 0 aliphatic heterocycles. The smallest absolute Gasteiger partial charge is 0 e. The minimum atomic E-state index is 0. The van der Waals surface area contributed by atoms with Gasteiger partial charge in [0.2, 0.25) is 0 Å². The lowest BCUT2D eigenvalue weighted by atomic mass is 19.0. The van der Waals surface area contributed by atoms with Crippen molar-refractivity contribution in [1.82, 2.24) is 0 Å². The van der Waals surface area contributed by atoms with Gasteiger partial charge in [0.1, 0.15) is 0 Å². The van der Waals surface area contributed by atoms with E-state index in [2.05, 4.69) is 0 Å². The van der Waals surface area contributed by atoms with Gasteiger partial charge in [0.25, 0.3) is 0 Å². The van der Waals surface area contributed by atoms with Crippen molar-refractivity contribution in [3.8, 4) is 0 Å². The van der Waals surface area contributed by atoms with Crippen LogP contribution < -0.4 is 0 Å². The summed E-state index contributed by atoms with van der Waals surface area (Å²) < 4.78 is 0. The third-order valence-corrected chi connectivity index (χ3v) is 0. The lowest BCUT2D eigenvalue weighted by Gasteiger charge is -0.270. The molecular formula is H5Br2F3P. The quantitative estimate of drug-likeness (QED) is 0.581. The minimum Gasteiger partial charge on any atom is -0.269 e. The third kappa shape index (κ3) is 65.0. The second kappa shape index (κ2) is 119. The molecule has 0 rings (SSSR count). The highest BCUT2D eigenvalue weighted by atomic mass is 79.9. The molecule has 0 aromatic carbocycles. The second-order valence-electron chi connectivity index (χ2n) is 0. The Balaban J connectivity index is 0. The minimum absolute atomic E-state index is 0. The normalized spacial score (nSPS) is 0. The standard InChI is InChI=1S/2BrH.3FH.P/h5*1H;. The van der Waals surface area contributed by atoms with E-state index in [-0.39, 0.29) is 58.0 Å². The van der Waals surface area contributed by atoms with Crippen LogP contribution in [0, 0.1) is 0 Å². The average Bonchev–Trinajstić information content (AvgIpc) is 0. The Kier molecular flexibility index (Phi) is 3910. The number of rotatable bonds is 0. The Labute approximate surface area is 58.3 Å². The lowest BCUT2D eigenvalue weighted by molar-refractivity contribution is 1.11. The predicted molar refractivity (Wildman–Crippen MR) is 35.1 cm³/mol. The van der Waals surface area contributed by atoms with Gasteiger partial charge in [0.05, 0.1) is 0 Å². The molecule has 0 aromatic heterocycles. The van der Waals surface area contributed by atoms with E-state index in [4.69, 9.17) is 0 Å². The van der Waals surface area contributed by atoms with Gasteiger partial charge in [-0.25, -0.2) is 0 Å². The Bertz CT molecular complexity index is 8.75. The van der Waals surface area contributed by atoms with Crippen molar-refractivity contribution >= 4 is 43.9 Å². The fraction of sp³-hybridized carbons (Fsp3) is 0. The highest BCUT2D eigenvalue weighted by molar-refractivity contribution is 8.93. The maximum absolute atomic E-state index is 0. The van der Waals surface area contributed by atoms with Crippen LogP contribution in [0.2, 0.25) is 0 Å².